The molecule has 1 aromatic carbocycles. The molecule has 0 saturated heterocycles. The van der Waals surface area contributed by atoms with Gasteiger partial charge in [-0.1, -0.05) is 18.2 Å². The maximum absolute atomic E-state index is 14.0. The molecule has 0 atom stereocenters. The third kappa shape index (κ3) is 3.18. The lowest BCUT2D eigenvalue weighted by molar-refractivity contribution is -0.00185. The van der Waals surface area contributed by atoms with Crippen LogP contribution < -0.4 is 10.9 Å². The Morgan fingerprint density at radius 2 is 2.03 bits per heavy atom. The number of aryl methyl sites for hydroxylation is 1. The number of hydrogen-bond acceptors (Lipinski definition) is 2. The standard InChI is InChI=1S/C24H25F2N3O2/c1-14-12-28-20-17(13-29(22(31)19(14)20)23(2)9-10-23)21(30)27-11-7-15-4-3-5-18-16(15)6-8-24(18,25)26/h3-5,12-13,28H,6-11H2,1-2H3,(H,27,30). The number of halogens is 2. The Hall–Kier alpha value is -2.96. The first-order valence-corrected chi connectivity index (χ1v) is 10.7. The van der Waals surface area contributed by atoms with Crippen molar-refractivity contribution in [3.63, 3.8) is 0 Å². The molecule has 2 heterocycles. The Morgan fingerprint density at radius 1 is 1.26 bits per heavy atom. The van der Waals surface area contributed by atoms with Gasteiger partial charge in [-0.15, -0.1) is 0 Å². The zero-order chi connectivity index (χ0) is 22.0. The number of carbonyl (C=O) groups excluding carboxylic acids is 1. The van der Waals surface area contributed by atoms with Crippen LogP contribution in [0.2, 0.25) is 0 Å². The van der Waals surface area contributed by atoms with E-state index in [4.69, 9.17) is 0 Å². The summed E-state index contributed by atoms with van der Waals surface area (Å²) in [5.41, 5.74) is 3.15. The van der Waals surface area contributed by atoms with Gasteiger partial charge in [0.25, 0.3) is 17.4 Å². The van der Waals surface area contributed by atoms with E-state index >= 15 is 0 Å². The Kier molecular flexibility index (Phi) is 4.36. The molecule has 5 nitrogen and oxygen atoms in total. The molecule has 31 heavy (non-hydrogen) atoms. The maximum atomic E-state index is 14.0. The molecule has 1 fully saturated rings. The fraction of sp³-hybridized carbons (Fsp3) is 0.417. The van der Waals surface area contributed by atoms with Crippen molar-refractivity contribution < 1.29 is 13.6 Å². The van der Waals surface area contributed by atoms with Crippen molar-refractivity contribution in [2.24, 2.45) is 0 Å². The van der Waals surface area contributed by atoms with E-state index in [1.165, 1.54) is 6.07 Å². The van der Waals surface area contributed by atoms with Gasteiger partial charge in [0.15, 0.2) is 0 Å². The van der Waals surface area contributed by atoms with Crippen molar-refractivity contribution in [1.29, 1.82) is 0 Å². The number of aromatic amines is 1. The largest absolute Gasteiger partial charge is 0.360 e. The van der Waals surface area contributed by atoms with Gasteiger partial charge >= 0.3 is 0 Å². The summed E-state index contributed by atoms with van der Waals surface area (Å²) in [6, 6.07) is 5.01. The second-order valence-corrected chi connectivity index (χ2v) is 9.09. The number of pyridine rings is 1. The summed E-state index contributed by atoms with van der Waals surface area (Å²) in [6.45, 7) is 4.21. The molecule has 7 heteroatoms. The third-order valence-corrected chi connectivity index (χ3v) is 6.87. The van der Waals surface area contributed by atoms with Crippen molar-refractivity contribution in [2.45, 2.75) is 57.4 Å². The molecule has 2 aromatic heterocycles. The number of amides is 1. The van der Waals surface area contributed by atoms with Gasteiger partial charge < -0.3 is 14.9 Å². The van der Waals surface area contributed by atoms with E-state index in [0.717, 1.165) is 24.0 Å². The number of fused-ring (bicyclic) bond motifs is 2. The summed E-state index contributed by atoms with van der Waals surface area (Å²) in [4.78, 5) is 29.1. The van der Waals surface area contributed by atoms with Crippen LogP contribution in [0.4, 0.5) is 8.78 Å². The van der Waals surface area contributed by atoms with E-state index in [1.54, 1.807) is 23.0 Å². The molecule has 2 N–H and O–H groups in total. The highest BCUT2D eigenvalue weighted by atomic mass is 19.3. The highest BCUT2D eigenvalue weighted by Crippen LogP contribution is 2.43. The van der Waals surface area contributed by atoms with Gasteiger partial charge in [-0.05, 0) is 56.2 Å². The summed E-state index contributed by atoms with van der Waals surface area (Å²) < 4.78 is 29.7. The molecule has 162 valence electrons. The van der Waals surface area contributed by atoms with Crippen molar-refractivity contribution in [3.8, 4) is 0 Å². The van der Waals surface area contributed by atoms with Crippen LogP contribution in [0.25, 0.3) is 10.9 Å². The number of benzene rings is 1. The number of hydrogen-bond donors (Lipinski definition) is 2. The lowest BCUT2D eigenvalue weighted by Crippen LogP contribution is -2.32. The molecule has 1 saturated carbocycles. The van der Waals surface area contributed by atoms with Gasteiger partial charge in [0.05, 0.1) is 16.5 Å². The average Bonchev–Trinajstić information content (AvgIpc) is 3.23. The molecule has 0 bridgehead atoms. The lowest BCUT2D eigenvalue weighted by atomic mass is 10.0. The van der Waals surface area contributed by atoms with E-state index in [1.807, 2.05) is 19.9 Å². The average molecular weight is 425 g/mol. The van der Waals surface area contributed by atoms with Gasteiger partial charge in [-0.2, -0.15) is 0 Å². The van der Waals surface area contributed by atoms with Gasteiger partial charge in [0.2, 0.25) is 0 Å². The minimum atomic E-state index is -2.77. The van der Waals surface area contributed by atoms with Gasteiger partial charge in [-0.25, -0.2) is 8.78 Å². The Bertz CT molecular complexity index is 1270. The highest BCUT2D eigenvalue weighted by Gasteiger charge is 2.41. The molecular formula is C24H25F2N3O2. The SMILES string of the molecule is Cc1c[nH]c2c(C(=O)NCCc3cccc4c3CCC4(F)F)cn(C3(C)CC3)c(=O)c12. The molecule has 0 unspecified atom stereocenters. The number of alkyl halides is 2. The van der Waals surface area contributed by atoms with E-state index < -0.39 is 5.92 Å². The summed E-state index contributed by atoms with van der Waals surface area (Å²) in [7, 11) is 0. The monoisotopic (exact) mass is 425 g/mol. The van der Waals surface area contributed by atoms with Crippen LogP contribution in [0.1, 0.15) is 58.8 Å². The van der Waals surface area contributed by atoms with E-state index in [2.05, 4.69) is 10.3 Å². The van der Waals surface area contributed by atoms with Gasteiger partial charge in [0, 0.05) is 36.5 Å². The first kappa shape index (κ1) is 20.0. The number of aromatic nitrogens is 2. The van der Waals surface area contributed by atoms with Crippen LogP contribution in [0.5, 0.6) is 0 Å². The number of rotatable bonds is 5. The fourth-order valence-corrected chi connectivity index (χ4v) is 4.71. The Morgan fingerprint density at radius 3 is 2.77 bits per heavy atom. The van der Waals surface area contributed by atoms with Crippen molar-refractivity contribution >= 4 is 16.8 Å². The van der Waals surface area contributed by atoms with Crippen molar-refractivity contribution in [3.05, 3.63) is 68.8 Å². The van der Waals surface area contributed by atoms with Crippen LogP contribution in [0.3, 0.4) is 0 Å². The first-order valence-electron chi connectivity index (χ1n) is 10.7. The molecule has 3 aromatic rings. The van der Waals surface area contributed by atoms with Crippen molar-refractivity contribution in [2.75, 3.05) is 6.54 Å². The predicted molar refractivity (Wildman–Crippen MR) is 115 cm³/mol. The van der Waals surface area contributed by atoms with Crippen LogP contribution in [-0.4, -0.2) is 22.0 Å². The highest BCUT2D eigenvalue weighted by molar-refractivity contribution is 6.05. The van der Waals surface area contributed by atoms with E-state index in [0.29, 0.717) is 41.4 Å². The molecular weight excluding hydrogens is 400 g/mol. The fourth-order valence-electron chi connectivity index (χ4n) is 4.71. The van der Waals surface area contributed by atoms with Crippen LogP contribution in [0.15, 0.2) is 35.4 Å². The molecule has 5 rings (SSSR count). The summed E-state index contributed by atoms with van der Waals surface area (Å²) in [6.07, 6.45) is 5.91. The van der Waals surface area contributed by atoms with Gasteiger partial charge in [0.1, 0.15) is 0 Å². The predicted octanol–water partition coefficient (Wildman–Crippen LogP) is 4.16. The molecule has 0 radical (unpaired) electrons. The molecule has 2 aliphatic rings. The number of carbonyl (C=O) groups is 1. The van der Waals surface area contributed by atoms with Crippen LogP contribution in [-0.2, 0) is 24.3 Å². The summed E-state index contributed by atoms with van der Waals surface area (Å²) in [5, 5.41) is 3.46. The minimum absolute atomic E-state index is 0.0777. The van der Waals surface area contributed by atoms with E-state index in [9.17, 15) is 18.4 Å². The molecule has 0 spiro atoms. The second kappa shape index (κ2) is 6.77. The quantitative estimate of drug-likeness (QED) is 0.645. The Labute approximate surface area is 178 Å². The number of nitrogens with zero attached hydrogens (tertiary/aromatic N) is 1. The Balaban J connectivity index is 1.40. The smallest absolute Gasteiger partial charge is 0.273 e. The van der Waals surface area contributed by atoms with E-state index in [-0.39, 0.29) is 29.0 Å². The minimum Gasteiger partial charge on any atom is -0.360 e. The second-order valence-electron chi connectivity index (χ2n) is 9.09. The number of nitrogens with one attached hydrogen (secondary N) is 2. The third-order valence-electron chi connectivity index (χ3n) is 6.87. The van der Waals surface area contributed by atoms with Crippen molar-refractivity contribution in [1.82, 2.24) is 14.9 Å². The molecule has 0 aliphatic heterocycles. The van der Waals surface area contributed by atoms with Crippen LogP contribution >= 0.6 is 0 Å². The van der Waals surface area contributed by atoms with Gasteiger partial charge in [-0.3, -0.25) is 9.59 Å². The first-order chi connectivity index (χ1) is 14.7. The van der Waals surface area contributed by atoms with Crippen LogP contribution in [0, 0.1) is 6.92 Å². The number of H-pyrrole nitrogens is 1. The molecule has 1 amide bonds. The zero-order valence-corrected chi connectivity index (χ0v) is 17.6. The summed E-state index contributed by atoms with van der Waals surface area (Å²) in [5.74, 6) is -3.04. The topological polar surface area (TPSA) is 66.9 Å². The zero-order valence-electron chi connectivity index (χ0n) is 17.6. The summed E-state index contributed by atoms with van der Waals surface area (Å²) >= 11 is 0. The lowest BCUT2D eigenvalue weighted by Gasteiger charge is -2.16. The maximum Gasteiger partial charge on any atom is 0.273 e. The normalized spacial score (nSPS) is 18.2. The molecule has 2 aliphatic carbocycles.